The lowest BCUT2D eigenvalue weighted by Gasteiger charge is -2.36. The molecular formula is C16H29IN2O4Si. The predicted molar refractivity (Wildman–Crippen MR) is 105 cm³/mol. The molecule has 0 saturated heterocycles. The van der Waals surface area contributed by atoms with Crippen LogP contribution in [0.2, 0.25) is 18.1 Å². The zero-order valence-corrected chi connectivity index (χ0v) is 18.9. The van der Waals surface area contributed by atoms with E-state index in [1.54, 1.807) is 11.6 Å². The van der Waals surface area contributed by atoms with Crippen LogP contribution in [0.15, 0.2) is 0 Å². The highest BCUT2D eigenvalue weighted by atomic mass is 127. The Morgan fingerprint density at radius 2 is 1.88 bits per heavy atom. The summed E-state index contributed by atoms with van der Waals surface area (Å²) in [6, 6.07) is 0. The van der Waals surface area contributed by atoms with Crippen molar-refractivity contribution in [1.29, 1.82) is 0 Å². The van der Waals surface area contributed by atoms with E-state index >= 15 is 0 Å². The van der Waals surface area contributed by atoms with Crippen molar-refractivity contribution < 1.29 is 18.7 Å². The van der Waals surface area contributed by atoms with Crippen LogP contribution in [0.1, 0.15) is 40.3 Å². The summed E-state index contributed by atoms with van der Waals surface area (Å²) in [4.78, 5) is 11.8. The molecule has 0 amide bonds. The number of carbonyl (C=O) groups excluding carboxylic acids is 1. The van der Waals surface area contributed by atoms with Gasteiger partial charge in [-0.25, -0.2) is 0 Å². The topological polar surface area (TPSA) is 62.6 Å². The van der Waals surface area contributed by atoms with Gasteiger partial charge in [0.1, 0.15) is 10.1 Å². The molecule has 0 N–H and O–H groups in total. The summed E-state index contributed by atoms with van der Waals surface area (Å²) in [6.07, 6.45) is 0. The molecule has 138 valence electrons. The maximum absolute atomic E-state index is 11.8. The van der Waals surface area contributed by atoms with Crippen molar-refractivity contribution in [2.45, 2.75) is 65.9 Å². The third-order valence-corrected chi connectivity index (χ3v) is 9.77. The van der Waals surface area contributed by atoms with E-state index in [1.165, 1.54) is 0 Å². The van der Waals surface area contributed by atoms with Gasteiger partial charge >= 0.3 is 5.97 Å². The molecule has 6 nitrogen and oxygen atoms in total. The van der Waals surface area contributed by atoms with Crippen LogP contribution in [-0.4, -0.2) is 37.3 Å². The minimum atomic E-state index is -1.90. The number of esters is 1. The lowest BCUT2D eigenvalue weighted by molar-refractivity contribution is -0.144. The van der Waals surface area contributed by atoms with Gasteiger partial charge in [0.05, 0.1) is 25.5 Å². The quantitative estimate of drug-likeness (QED) is 0.328. The second kappa shape index (κ2) is 8.66. The van der Waals surface area contributed by atoms with Crippen LogP contribution >= 0.6 is 22.6 Å². The van der Waals surface area contributed by atoms with Gasteiger partial charge in [0.25, 0.3) is 0 Å². The van der Waals surface area contributed by atoms with Crippen LogP contribution in [0.5, 0.6) is 5.88 Å². The van der Waals surface area contributed by atoms with Gasteiger partial charge in [-0.2, -0.15) is 0 Å². The number of halogens is 1. The SMILES string of the molecule is CCOC(=O)Cn1nc(OCC)c(I)c1CO[Si](C)(C)C(C)(C)C. The summed E-state index contributed by atoms with van der Waals surface area (Å²) < 4.78 is 19.4. The molecule has 0 aliphatic heterocycles. The molecule has 0 bridgehead atoms. The summed E-state index contributed by atoms with van der Waals surface area (Å²) in [5, 5.41) is 4.52. The fourth-order valence-corrected chi connectivity index (χ4v) is 3.37. The molecule has 1 rings (SSSR count). The number of hydrogen-bond acceptors (Lipinski definition) is 5. The second-order valence-electron chi connectivity index (χ2n) is 7.01. The van der Waals surface area contributed by atoms with E-state index in [1.807, 2.05) is 6.92 Å². The highest BCUT2D eigenvalue weighted by molar-refractivity contribution is 14.1. The molecule has 0 aliphatic rings. The van der Waals surface area contributed by atoms with Gasteiger partial charge in [0.15, 0.2) is 8.32 Å². The summed E-state index contributed by atoms with van der Waals surface area (Å²) >= 11 is 2.20. The number of aromatic nitrogens is 2. The standard InChI is InChI=1S/C16H29IN2O4Si/c1-8-21-13(20)10-19-12(14(17)15(18-19)22-9-2)11-23-24(6,7)16(3,4)5/h8-11H2,1-7H3. The zero-order valence-electron chi connectivity index (χ0n) is 15.7. The van der Waals surface area contributed by atoms with Crippen LogP contribution in [0, 0.1) is 3.57 Å². The lowest BCUT2D eigenvalue weighted by atomic mass is 10.2. The largest absolute Gasteiger partial charge is 0.476 e. The molecule has 8 heteroatoms. The Morgan fingerprint density at radius 3 is 2.38 bits per heavy atom. The first-order chi connectivity index (χ1) is 11.0. The average molecular weight is 468 g/mol. The van der Waals surface area contributed by atoms with Crippen molar-refractivity contribution in [3.63, 3.8) is 0 Å². The zero-order chi connectivity index (χ0) is 18.5. The first kappa shape index (κ1) is 21.4. The summed E-state index contributed by atoms with van der Waals surface area (Å²) in [7, 11) is -1.90. The molecule has 0 aromatic carbocycles. The van der Waals surface area contributed by atoms with E-state index in [2.05, 4.69) is 61.6 Å². The maximum Gasteiger partial charge on any atom is 0.327 e. The molecule has 1 aromatic rings. The fraction of sp³-hybridized carbons (Fsp3) is 0.750. The second-order valence-corrected chi connectivity index (χ2v) is 12.9. The Hall–Kier alpha value is -0.613. The Morgan fingerprint density at radius 1 is 1.25 bits per heavy atom. The predicted octanol–water partition coefficient (Wildman–Crippen LogP) is 3.97. The molecule has 0 atom stereocenters. The number of hydrogen-bond donors (Lipinski definition) is 0. The normalized spacial score (nSPS) is 12.3. The average Bonchev–Trinajstić information content (AvgIpc) is 2.72. The molecular weight excluding hydrogens is 439 g/mol. The Balaban J connectivity index is 3.04. The van der Waals surface area contributed by atoms with Gasteiger partial charge in [-0.1, -0.05) is 20.8 Å². The minimum Gasteiger partial charge on any atom is -0.476 e. The van der Waals surface area contributed by atoms with Crippen LogP contribution < -0.4 is 4.74 Å². The maximum atomic E-state index is 11.8. The molecule has 0 aliphatic carbocycles. The van der Waals surface area contributed by atoms with E-state index in [-0.39, 0.29) is 17.6 Å². The van der Waals surface area contributed by atoms with Gasteiger partial charge in [0, 0.05) is 0 Å². The minimum absolute atomic E-state index is 0.0626. The van der Waals surface area contributed by atoms with Crippen LogP contribution in [0.25, 0.3) is 0 Å². The summed E-state index contributed by atoms with van der Waals surface area (Å²) in [5.74, 6) is 0.226. The molecule has 0 spiro atoms. The van der Waals surface area contributed by atoms with Crippen LogP contribution in [-0.2, 0) is 27.1 Å². The molecule has 1 aromatic heterocycles. The van der Waals surface area contributed by atoms with E-state index in [9.17, 15) is 4.79 Å². The third-order valence-electron chi connectivity index (χ3n) is 4.21. The van der Waals surface area contributed by atoms with E-state index in [4.69, 9.17) is 13.9 Å². The molecule has 0 radical (unpaired) electrons. The number of ether oxygens (including phenoxy) is 2. The van der Waals surface area contributed by atoms with Crippen molar-refractivity contribution >= 4 is 36.9 Å². The highest BCUT2D eigenvalue weighted by Crippen LogP contribution is 2.37. The Bertz CT molecular complexity index is 567. The fourth-order valence-electron chi connectivity index (χ4n) is 1.74. The van der Waals surface area contributed by atoms with Crippen molar-refractivity contribution in [3.05, 3.63) is 9.26 Å². The number of carbonyl (C=O) groups is 1. The van der Waals surface area contributed by atoms with E-state index in [0.29, 0.717) is 25.7 Å². The van der Waals surface area contributed by atoms with Gasteiger partial charge < -0.3 is 13.9 Å². The number of nitrogens with zero attached hydrogens (tertiary/aromatic N) is 2. The van der Waals surface area contributed by atoms with Crippen molar-refractivity contribution in [3.8, 4) is 5.88 Å². The van der Waals surface area contributed by atoms with Gasteiger partial charge in [-0.05, 0) is 54.6 Å². The third kappa shape index (κ3) is 5.45. The number of rotatable bonds is 8. The van der Waals surface area contributed by atoms with Crippen molar-refractivity contribution in [2.24, 2.45) is 0 Å². The van der Waals surface area contributed by atoms with Crippen LogP contribution in [0.3, 0.4) is 0 Å². The van der Waals surface area contributed by atoms with Crippen molar-refractivity contribution in [2.75, 3.05) is 13.2 Å². The van der Waals surface area contributed by atoms with Crippen LogP contribution in [0.4, 0.5) is 0 Å². The summed E-state index contributed by atoms with van der Waals surface area (Å²) in [6.45, 7) is 16.1. The molecule has 0 unspecified atom stereocenters. The molecule has 0 saturated carbocycles. The molecule has 0 fully saturated rings. The van der Waals surface area contributed by atoms with Crippen molar-refractivity contribution in [1.82, 2.24) is 9.78 Å². The van der Waals surface area contributed by atoms with Gasteiger partial charge in [-0.15, -0.1) is 5.10 Å². The highest BCUT2D eigenvalue weighted by Gasteiger charge is 2.37. The lowest BCUT2D eigenvalue weighted by Crippen LogP contribution is -2.40. The van der Waals surface area contributed by atoms with Gasteiger partial charge in [-0.3, -0.25) is 9.48 Å². The Labute approximate surface area is 159 Å². The Kier molecular flexibility index (Phi) is 7.73. The first-order valence-corrected chi connectivity index (χ1v) is 12.2. The summed E-state index contributed by atoms with van der Waals surface area (Å²) in [5.41, 5.74) is 0.858. The van der Waals surface area contributed by atoms with Gasteiger partial charge in [0.2, 0.25) is 5.88 Å². The smallest absolute Gasteiger partial charge is 0.327 e. The molecule has 24 heavy (non-hydrogen) atoms. The van der Waals surface area contributed by atoms with E-state index < -0.39 is 8.32 Å². The monoisotopic (exact) mass is 468 g/mol. The first-order valence-electron chi connectivity index (χ1n) is 8.21. The van der Waals surface area contributed by atoms with E-state index in [0.717, 1.165) is 9.26 Å². The molecule has 1 heterocycles.